The molecule has 0 amide bonds. The van der Waals surface area contributed by atoms with E-state index in [1.165, 1.54) is 32.9 Å². The second kappa shape index (κ2) is 10.4. The summed E-state index contributed by atoms with van der Waals surface area (Å²) >= 11 is 0. The molecule has 0 radical (unpaired) electrons. The number of aryl methyl sites for hydroxylation is 2. The Bertz CT molecular complexity index is 1220. The molecule has 0 aliphatic rings. The van der Waals surface area contributed by atoms with E-state index in [1.807, 2.05) is 48.5 Å². The maximum absolute atomic E-state index is 6.26. The van der Waals surface area contributed by atoms with E-state index in [1.54, 1.807) is 0 Å². The minimum atomic E-state index is 0.485. The average molecular weight is 438 g/mol. The van der Waals surface area contributed by atoms with Crippen LogP contribution in [0.1, 0.15) is 29.2 Å². The van der Waals surface area contributed by atoms with Crippen LogP contribution in [0.4, 0.5) is 5.69 Å². The molecule has 1 unspecified atom stereocenters. The molecule has 4 aromatic carbocycles. The Labute approximate surface area is 192 Å². The number of nitrogens with zero attached hydrogens (tertiary/aromatic N) is 1. The van der Waals surface area contributed by atoms with Crippen LogP contribution in [0, 0.1) is 13.8 Å². The zero-order valence-electron chi connectivity index (χ0n) is 18.8. The third-order valence-electron chi connectivity index (χ3n) is 5.35. The van der Waals surface area contributed by atoms with E-state index in [0.29, 0.717) is 15.2 Å². The zero-order chi connectivity index (χ0) is 22.3. The molecule has 160 valence electrons. The van der Waals surface area contributed by atoms with Crippen LogP contribution in [-0.2, 0) is 6.61 Å². The van der Waals surface area contributed by atoms with Crippen molar-refractivity contribution in [2.24, 2.45) is 4.99 Å². The molecule has 3 heteroatoms. The standard InChI is InChI=1S/C29H28NOP/c1-21-17-18-27(31-20-24-12-6-4-7-13-24)28(19-21)32-29-22(2)11-10-16-26(29)23(3)30-25-14-8-5-9-15-25/h4-19,32H,20H2,1-3H3. The van der Waals surface area contributed by atoms with Crippen molar-refractivity contribution < 1.29 is 4.74 Å². The van der Waals surface area contributed by atoms with Gasteiger partial charge in [-0.05, 0) is 61.5 Å². The minimum absolute atomic E-state index is 0.485. The van der Waals surface area contributed by atoms with Gasteiger partial charge < -0.3 is 4.74 Å². The second-order valence-corrected chi connectivity index (χ2v) is 9.22. The second-order valence-electron chi connectivity index (χ2n) is 7.93. The summed E-state index contributed by atoms with van der Waals surface area (Å²) in [5.74, 6) is 0.949. The van der Waals surface area contributed by atoms with Crippen LogP contribution in [-0.4, -0.2) is 5.71 Å². The summed E-state index contributed by atoms with van der Waals surface area (Å²) in [6.45, 7) is 6.98. The minimum Gasteiger partial charge on any atom is -0.488 e. The maximum atomic E-state index is 6.26. The highest BCUT2D eigenvalue weighted by Crippen LogP contribution is 2.25. The number of hydrogen-bond acceptors (Lipinski definition) is 2. The number of para-hydroxylation sites is 1. The van der Waals surface area contributed by atoms with E-state index in [2.05, 4.69) is 69.3 Å². The van der Waals surface area contributed by atoms with Crippen LogP contribution in [0.3, 0.4) is 0 Å². The number of benzene rings is 4. The first-order chi connectivity index (χ1) is 15.6. The number of hydrogen-bond donors (Lipinski definition) is 0. The highest BCUT2D eigenvalue weighted by molar-refractivity contribution is 7.56. The monoisotopic (exact) mass is 437 g/mol. The predicted molar refractivity (Wildman–Crippen MR) is 139 cm³/mol. The van der Waals surface area contributed by atoms with E-state index >= 15 is 0 Å². The topological polar surface area (TPSA) is 21.6 Å². The fourth-order valence-electron chi connectivity index (χ4n) is 3.63. The summed E-state index contributed by atoms with van der Waals surface area (Å²) in [6.07, 6.45) is 0. The van der Waals surface area contributed by atoms with Crippen molar-refractivity contribution in [2.75, 3.05) is 0 Å². The summed E-state index contributed by atoms with van der Waals surface area (Å²) < 4.78 is 6.26. The summed E-state index contributed by atoms with van der Waals surface area (Å²) in [5, 5.41) is 2.55. The van der Waals surface area contributed by atoms with Crippen LogP contribution < -0.4 is 15.3 Å². The van der Waals surface area contributed by atoms with Gasteiger partial charge in [-0.25, -0.2) is 0 Å². The fraction of sp³-hybridized carbons (Fsp3) is 0.138. The molecule has 0 saturated carbocycles. The van der Waals surface area contributed by atoms with Gasteiger partial charge in [0, 0.05) is 16.6 Å². The SMILES string of the molecule is CC(=Nc1ccccc1)c1cccc(C)c1Pc1cc(C)ccc1OCc1ccccc1. The van der Waals surface area contributed by atoms with Crippen molar-refractivity contribution in [3.8, 4) is 5.75 Å². The van der Waals surface area contributed by atoms with Gasteiger partial charge in [-0.15, -0.1) is 0 Å². The number of rotatable bonds is 7. The number of ether oxygens (including phenoxy) is 1. The van der Waals surface area contributed by atoms with Gasteiger partial charge in [0.1, 0.15) is 12.4 Å². The predicted octanol–water partition coefficient (Wildman–Crippen LogP) is 6.65. The van der Waals surface area contributed by atoms with Crippen molar-refractivity contribution in [1.29, 1.82) is 0 Å². The first-order valence-corrected chi connectivity index (χ1v) is 11.8. The van der Waals surface area contributed by atoms with Gasteiger partial charge in [-0.3, -0.25) is 4.99 Å². The molecule has 4 rings (SSSR count). The molecule has 0 aliphatic heterocycles. The van der Waals surface area contributed by atoms with Crippen LogP contribution in [0.25, 0.3) is 0 Å². The third-order valence-corrected chi connectivity index (χ3v) is 6.92. The van der Waals surface area contributed by atoms with Crippen LogP contribution in [0.15, 0.2) is 102 Å². The first kappa shape index (κ1) is 22.0. The van der Waals surface area contributed by atoms with Crippen molar-refractivity contribution in [3.63, 3.8) is 0 Å². The Hall–Kier alpha value is -3.22. The molecule has 0 bridgehead atoms. The highest BCUT2D eigenvalue weighted by Gasteiger charge is 2.13. The van der Waals surface area contributed by atoms with Gasteiger partial charge in [0.15, 0.2) is 0 Å². The maximum Gasteiger partial charge on any atom is 0.127 e. The van der Waals surface area contributed by atoms with Gasteiger partial charge in [0.05, 0.1) is 5.69 Å². The van der Waals surface area contributed by atoms with Crippen molar-refractivity contribution in [1.82, 2.24) is 0 Å². The largest absolute Gasteiger partial charge is 0.488 e. The van der Waals surface area contributed by atoms with Gasteiger partial charge in [-0.1, -0.05) is 86.9 Å². The molecule has 0 N–H and O–H groups in total. The molecule has 0 saturated heterocycles. The molecule has 2 nitrogen and oxygen atoms in total. The summed E-state index contributed by atoms with van der Waals surface area (Å²) in [6, 6.07) is 33.4. The average Bonchev–Trinajstić information content (AvgIpc) is 2.81. The summed E-state index contributed by atoms with van der Waals surface area (Å²) in [4.78, 5) is 4.88. The summed E-state index contributed by atoms with van der Waals surface area (Å²) in [7, 11) is 0.485. The summed E-state index contributed by atoms with van der Waals surface area (Å²) in [5.41, 5.74) is 6.89. The number of aliphatic imine (C=N–C) groups is 1. The normalized spacial score (nSPS) is 11.8. The Morgan fingerprint density at radius 3 is 2.28 bits per heavy atom. The molecular formula is C29H28NOP. The van der Waals surface area contributed by atoms with Gasteiger partial charge >= 0.3 is 0 Å². The highest BCUT2D eigenvalue weighted by atomic mass is 31.1. The van der Waals surface area contributed by atoms with Crippen molar-refractivity contribution >= 4 is 30.6 Å². The Morgan fingerprint density at radius 1 is 0.812 bits per heavy atom. The van der Waals surface area contributed by atoms with E-state index in [-0.39, 0.29) is 0 Å². The third kappa shape index (κ3) is 5.52. The van der Waals surface area contributed by atoms with Crippen LogP contribution in [0.2, 0.25) is 0 Å². The Balaban J connectivity index is 1.66. The molecule has 0 aromatic heterocycles. The smallest absolute Gasteiger partial charge is 0.127 e. The van der Waals surface area contributed by atoms with Gasteiger partial charge in [-0.2, -0.15) is 0 Å². The molecular weight excluding hydrogens is 409 g/mol. The molecule has 0 aliphatic carbocycles. The lowest BCUT2D eigenvalue weighted by atomic mass is 10.1. The van der Waals surface area contributed by atoms with Crippen molar-refractivity contribution in [3.05, 3.63) is 119 Å². The van der Waals surface area contributed by atoms with E-state index in [9.17, 15) is 0 Å². The molecule has 1 atom stereocenters. The lowest BCUT2D eigenvalue weighted by Gasteiger charge is -2.17. The Kier molecular flexibility index (Phi) is 7.14. The molecule has 0 fully saturated rings. The first-order valence-electron chi connectivity index (χ1n) is 10.8. The zero-order valence-corrected chi connectivity index (χ0v) is 19.8. The van der Waals surface area contributed by atoms with Gasteiger partial charge in [0.25, 0.3) is 0 Å². The lowest BCUT2D eigenvalue weighted by Crippen LogP contribution is -2.17. The van der Waals surface area contributed by atoms with Gasteiger partial charge in [0.2, 0.25) is 0 Å². The van der Waals surface area contributed by atoms with E-state index in [4.69, 9.17) is 9.73 Å². The van der Waals surface area contributed by atoms with Crippen LogP contribution >= 0.6 is 8.58 Å². The van der Waals surface area contributed by atoms with Crippen molar-refractivity contribution in [2.45, 2.75) is 27.4 Å². The molecule has 0 heterocycles. The van der Waals surface area contributed by atoms with Crippen LogP contribution in [0.5, 0.6) is 5.75 Å². The fourth-order valence-corrected chi connectivity index (χ4v) is 5.16. The quantitative estimate of drug-likeness (QED) is 0.234. The lowest BCUT2D eigenvalue weighted by molar-refractivity contribution is 0.309. The molecule has 4 aromatic rings. The Morgan fingerprint density at radius 2 is 1.53 bits per heavy atom. The molecule has 32 heavy (non-hydrogen) atoms. The molecule has 0 spiro atoms. The van der Waals surface area contributed by atoms with E-state index in [0.717, 1.165) is 17.1 Å². The van der Waals surface area contributed by atoms with E-state index < -0.39 is 0 Å².